The molecule has 0 aliphatic rings. The number of hydrogen-bond acceptors (Lipinski definition) is 5. The lowest BCUT2D eigenvalue weighted by molar-refractivity contribution is 0.585. The maximum atomic E-state index is 13.6. The first-order valence-corrected chi connectivity index (χ1v) is 6.91. The molecule has 3 rings (SSSR count). The smallest absolute Gasteiger partial charge is 0.177 e. The molecule has 3 aromatic rings. The molecule has 0 amide bonds. The largest absolute Gasteiger partial charge is 0.275 e. The number of nitrogens with zero attached hydrogens (tertiary/aromatic N) is 5. The van der Waals surface area contributed by atoms with Gasteiger partial charge in [0, 0.05) is 12.1 Å². The van der Waals surface area contributed by atoms with Gasteiger partial charge in [-0.15, -0.1) is 10.2 Å². The first-order chi connectivity index (χ1) is 11.0. The lowest BCUT2D eigenvalue weighted by atomic mass is 10.2. The highest BCUT2D eigenvalue weighted by atomic mass is 19.1. The Morgan fingerprint density at radius 3 is 2.70 bits per heavy atom. The minimum absolute atomic E-state index is 0.0763. The minimum atomic E-state index is -0.720. The van der Waals surface area contributed by atoms with Crippen molar-refractivity contribution < 1.29 is 8.78 Å². The molecule has 0 saturated heterocycles. The van der Waals surface area contributed by atoms with Gasteiger partial charge in [-0.05, 0) is 32.9 Å². The fourth-order valence-electron chi connectivity index (χ4n) is 2.19. The summed E-state index contributed by atoms with van der Waals surface area (Å²) in [5.41, 5.74) is 5.94. The second kappa shape index (κ2) is 5.71. The van der Waals surface area contributed by atoms with Crippen molar-refractivity contribution in [1.82, 2.24) is 19.8 Å². The van der Waals surface area contributed by atoms with E-state index in [1.807, 2.05) is 19.9 Å². The normalized spacial score (nSPS) is 12.0. The van der Waals surface area contributed by atoms with Gasteiger partial charge in [-0.2, -0.15) is 10.2 Å². The first kappa shape index (κ1) is 15.0. The average Bonchev–Trinajstić information content (AvgIpc) is 2.88. The van der Waals surface area contributed by atoms with Crippen molar-refractivity contribution in [3.63, 3.8) is 0 Å². The molecule has 8 heteroatoms. The molecule has 0 fully saturated rings. The van der Waals surface area contributed by atoms with Crippen LogP contribution in [0.2, 0.25) is 0 Å². The van der Waals surface area contributed by atoms with E-state index in [4.69, 9.17) is 0 Å². The van der Waals surface area contributed by atoms with Gasteiger partial charge in [-0.1, -0.05) is 0 Å². The van der Waals surface area contributed by atoms with E-state index in [1.165, 1.54) is 6.07 Å². The number of nitrogens with one attached hydrogen (secondary N) is 1. The molecule has 0 atom stereocenters. The number of fused-ring (bicyclic) bond motifs is 1. The number of aryl methyl sites for hydroxylation is 2. The van der Waals surface area contributed by atoms with Crippen LogP contribution in [-0.4, -0.2) is 25.5 Å². The molecule has 6 nitrogen and oxygen atoms in total. The molecule has 0 aliphatic carbocycles. The Bertz CT molecular complexity index is 916. The van der Waals surface area contributed by atoms with Crippen molar-refractivity contribution >= 4 is 17.0 Å². The first-order valence-electron chi connectivity index (χ1n) is 6.91. The highest BCUT2D eigenvalue weighted by molar-refractivity contribution is 5.98. The third kappa shape index (κ3) is 2.87. The van der Waals surface area contributed by atoms with Crippen LogP contribution in [0.5, 0.6) is 0 Å². The molecule has 0 spiro atoms. The second-order valence-electron chi connectivity index (χ2n) is 5.12. The number of aromatic nitrogens is 4. The summed E-state index contributed by atoms with van der Waals surface area (Å²) >= 11 is 0. The van der Waals surface area contributed by atoms with Crippen LogP contribution < -0.4 is 5.43 Å². The quantitative estimate of drug-likeness (QED) is 0.596. The Balaban J connectivity index is 1.93. The van der Waals surface area contributed by atoms with Crippen molar-refractivity contribution in [3.05, 3.63) is 53.0 Å². The molecule has 2 aromatic heterocycles. The van der Waals surface area contributed by atoms with Crippen LogP contribution in [0.4, 0.5) is 14.5 Å². The van der Waals surface area contributed by atoms with E-state index < -0.39 is 11.6 Å². The molecule has 118 valence electrons. The summed E-state index contributed by atoms with van der Waals surface area (Å²) in [6.07, 6.45) is 0. The maximum absolute atomic E-state index is 13.6. The van der Waals surface area contributed by atoms with E-state index in [2.05, 4.69) is 25.8 Å². The third-order valence-electron chi connectivity index (χ3n) is 3.34. The summed E-state index contributed by atoms with van der Waals surface area (Å²) in [6.45, 7) is 5.43. The molecule has 0 aliphatic heterocycles. The van der Waals surface area contributed by atoms with Crippen LogP contribution in [0, 0.1) is 25.5 Å². The van der Waals surface area contributed by atoms with Crippen LogP contribution in [-0.2, 0) is 0 Å². The number of benzene rings is 1. The van der Waals surface area contributed by atoms with Crippen molar-refractivity contribution in [2.75, 3.05) is 5.43 Å². The third-order valence-corrected chi connectivity index (χ3v) is 3.34. The molecular formula is C15H14F2N6. The number of halogens is 2. The molecular weight excluding hydrogens is 302 g/mol. The number of hydrazone groups is 1. The van der Waals surface area contributed by atoms with Gasteiger partial charge in [-0.3, -0.25) is 5.43 Å². The molecule has 0 unspecified atom stereocenters. The van der Waals surface area contributed by atoms with Gasteiger partial charge in [0.1, 0.15) is 11.5 Å². The van der Waals surface area contributed by atoms with E-state index in [0.717, 1.165) is 23.5 Å². The van der Waals surface area contributed by atoms with Crippen LogP contribution in [0.25, 0.3) is 5.65 Å². The molecule has 1 aromatic carbocycles. The Hall–Kier alpha value is -2.90. The van der Waals surface area contributed by atoms with Gasteiger partial charge in [0.2, 0.25) is 0 Å². The zero-order chi connectivity index (χ0) is 16.6. The fourth-order valence-corrected chi connectivity index (χ4v) is 2.19. The second-order valence-corrected chi connectivity index (χ2v) is 5.12. The molecule has 0 saturated carbocycles. The highest BCUT2D eigenvalue weighted by Gasteiger charge is 2.11. The lowest BCUT2D eigenvalue weighted by Gasteiger charge is -2.07. The van der Waals surface area contributed by atoms with Gasteiger partial charge in [0.05, 0.1) is 22.8 Å². The Morgan fingerprint density at radius 2 is 1.96 bits per heavy atom. The summed E-state index contributed by atoms with van der Waals surface area (Å²) < 4.78 is 28.1. The summed E-state index contributed by atoms with van der Waals surface area (Å²) in [5.74, 6) is -1.36. The molecule has 1 N–H and O–H groups in total. The van der Waals surface area contributed by atoms with Crippen molar-refractivity contribution in [2.45, 2.75) is 20.8 Å². The topological polar surface area (TPSA) is 67.5 Å². The fraction of sp³-hybridized carbons (Fsp3) is 0.200. The number of hydrogen-bond donors (Lipinski definition) is 1. The van der Waals surface area contributed by atoms with Crippen molar-refractivity contribution in [3.8, 4) is 0 Å². The molecule has 23 heavy (non-hydrogen) atoms. The summed E-state index contributed by atoms with van der Waals surface area (Å²) in [6, 6.07) is 5.04. The summed E-state index contributed by atoms with van der Waals surface area (Å²) in [7, 11) is 0. The number of rotatable bonds is 3. The zero-order valence-electron chi connectivity index (χ0n) is 12.8. The standard InChI is InChI=1S/C15H14F2N6/c1-8-6-14-20-21-15(10(3)23(14)22-8)9(2)18-19-13-5-4-11(16)7-12(13)17/h4-7,19H,1-3H3. The lowest BCUT2D eigenvalue weighted by Crippen LogP contribution is -2.11. The SMILES string of the molecule is CC(=NNc1ccc(F)cc1F)c1nnc2cc(C)nn2c1C. The van der Waals surface area contributed by atoms with Crippen molar-refractivity contribution in [2.24, 2.45) is 5.10 Å². The van der Waals surface area contributed by atoms with E-state index in [-0.39, 0.29) is 5.69 Å². The zero-order valence-corrected chi connectivity index (χ0v) is 12.8. The van der Waals surface area contributed by atoms with E-state index in [9.17, 15) is 8.78 Å². The van der Waals surface area contributed by atoms with Gasteiger partial charge < -0.3 is 0 Å². The molecule has 2 heterocycles. The summed E-state index contributed by atoms with van der Waals surface area (Å²) in [4.78, 5) is 0. The van der Waals surface area contributed by atoms with E-state index in [1.54, 1.807) is 11.4 Å². The van der Waals surface area contributed by atoms with Gasteiger partial charge >= 0.3 is 0 Å². The van der Waals surface area contributed by atoms with Crippen LogP contribution in [0.3, 0.4) is 0 Å². The van der Waals surface area contributed by atoms with Gasteiger partial charge in [-0.25, -0.2) is 13.3 Å². The van der Waals surface area contributed by atoms with Crippen LogP contribution >= 0.6 is 0 Å². The number of anilines is 1. The predicted molar refractivity (Wildman–Crippen MR) is 82.4 cm³/mol. The van der Waals surface area contributed by atoms with Gasteiger partial charge in [0.25, 0.3) is 0 Å². The Kier molecular flexibility index (Phi) is 3.73. The van der Waals surface area contributed by atoms with E-state index >= 15 is 0 Å². The monoisotopic (exact) mass is 316 g/mol. The average molecular weight is 316 g/mol. The summed E-state index contributed by atoms with van der Waals surface area (Å²) in [5, 5.41) is 16.6. The Morgan fingerprint density at radius 1 is 1.17 bits per heavy atom. The van der Waals surface area contributed by atoms with Crippen LogP contribution in [0.15, 0.2) is 29.4 Å². The Labute approximate surface area is 130 Å². The van der Waals surface area contributed by atoms with Crippen molar-refractivity contribution in [1.29, 1.82) is 0 Å². The van der Waals surface area contributed by atoms with Crippen LogP contribution in [0.1, 0.15) is 24.0 Å². The maximum Gasteiger partial charge on any atom is 0.177 e. The molecule has 0 radical (unpaired) electrons. The van der Waals surface area contributed by atoms with E-state index in [0.29, 0.717) is 17.1 Å². The predicted octanol–water partition coefficient (Wildman–Crippen LogP) is 2.86. The molecule has 0 bridgehead atoms. The highest BCUT2D eigenvalue weighted by Crippen LogP contribution is 2.15. The minimum Gasteiger partial charge on any atom is -0.275 e. The van der Waals surface area contributed by atoms with Gasteiger partial charge in [0.15, 0.2) is 11.5 Å².